The van der Waals surface area contributed by atoms with Crippen molar-refractivity contribution in [1.82, 2.24) is 0 Å². The van der Waals surface area contributed by atoms with Crippen LogP contribution in [0.4, 0.5) is 5.69 Å². The normalized spacial score (nSPS) is 27.8. The first-order valence-corrected chi connectivity index (χ1v) is 9.91. The molecule has 0 atom stereocenters. The second-order valence-corrected chi connectivity index (χ2v) is 8.88. The second kappa shape index (κ2) is 7.91. The number of ether oxygens (including phenoxy) is 1. The summed E-state index contributed by atoms with van der Waals surface area (Å²) in [5.41, 5.74) is 3.39. The largest absolute Gasteiger partial charge is 0.384 e. The van der Waals surface area contributed by atoms with Gasteiger partial charge < -0.3 is 10.1 Å². The Morgan fingerprint density at radius 2 is 1.58 bits per heavy atom. The van der Waals surface area contributed by atoms with Gasteiger partial charge >= 0.3 is 0 Å². The van der Waals surface area contributed by atoms with E-state index < -0.39 is 0 Å². The van der Waals surface area contributed by atoms with E-state index in [9.17, 15) is 0 Å². The lowest BCUT2D eigenvalue weighted by molar-refractivity contribution is 0.129. The molecule has 0 radical (unpaired) electrons. The highest BCUT2D eigenvalue weighted by Gasteiger charge is 2.27. The lowest BCUT2D eigenvalue weighted by Crippen LogP contribution is -2.27. The molecule has 0 spiro atoms. The Labute approximate surface area is 148 Å². The number of hydrogen-bond acceptors (Lipinski definition) is 2. The third kappa shape index (κ3) is 4.75. The van der Waals surface area contributed by atoms with Gasteiger partial charge in [0, 0.05) is 25.4 Å². The molecule has 2 aliphatic rings. The summed E-state index contributed by atoms with van der Waals surface area (Å²) in [7, 11) is 1.82. The first kappa shape index (κ1) is 17.8. The molecule has 1 N–H and O–H groups in total. The molecule has 134 valence electrons. The highest BCUT2D eigenvalue weighted by molar-refractivity contribution is 5.46. The summed E-state index contributed by atoms with van der Waals surface area (Å²) < 4.78 is 5.30. The van der Waals surface area contributed by atoms with Gasteiger partial charge in [0.15, 0.2) is 0 Å². The maximum absolute atomic E-state index is 5.30. The third-order valence-electron chi connectivity index (χ3n) is 6.34. The Morgan fingerprint density at radius 1 is 0.958 bits per heavy atom. The smallest absolute Gasteiger partial charge is 0.0490 e. The van der Waals surface area contributed by atoms with Crippen LogP contribution in [0.25, 0.3) is 0 Å². The zero-order chi connectivity index (χ0) is 17.0. The fourth-order valence-corrected chi connectivity index (χ4v) is 4.53. The molecule has 2 saturated carbocycles. The van der Waals surface area contributed by atoms with E-state index in [1.54, 1.807) is 5.56 Å². The maximum atomic E-state index is 5.30. The molecule has 3 rings (SSSR count). The minimum absolute atomic E-state index is 0.555. The van der Waals surface area contributed by atoms with Crippen molar-refractivity contribution in [2.45, 2.75) is 77.2 Å². The van der Waals surface area contributed by atoms with Crippen LogP contribution in [0.15, 0.2) is 24.3 Å². The average molecular weight is 330 g/mol. The summed E-state index contributed by atoms with van der Waals surface area (Å²) in [6.07, 6.45) is 10.6. The molecule has 2 aliphatic carbocycles. The quantitative estimate of drug-likeness (QED) is 0.716. The molecule has 2 nitrogen and oxygen atoms in total. The Morgan fingerprint density at radius 3 is 2.17 bits per heavy atom. The monoisotopic (exact) mass is 329 g/mol. The van der Waals surface area contributed by atoms with Gasteiger partial charge in [0.1, 0.15) is 0 Å². The summed E-state index contributed by atoms with van der Waals surface area (Å²) in [5.74, 6) is 1.54. The molecule has 0 unspecified atom stereocenters. The van der Waals surface area contributed by atoms with E-state index in [0.29, 0.717) is 11.5 Å². The van der Waals surface area contributed by atoms with Crippen LogP contribution in [0, 0.1) is 11.3 Å². The molecule has 1 aromatic rings. The third-order valence-corrected chi connectivity index (χ3v) is 6.34. The molecule has 0 bridgehead atoms. The van der Waals surface area contributed by atoms with Crippen LogP contribution in [0.1, 0.15) is 76.7 Å². The maximum Gasteiger partial charge on any atom is 0.0490 e. The molecule has 0 amide bonds. The average Bonchev–Trinajstić information content (AvgIpc) is 2.58. The van der Waals surface area contributed by atoms with Crippen molar-refractivity contribution in [2.75, 3.05) is 19.0 Å². The number of benzene rings is 1. The minimum Gasteiger partial charge on any atom is -0.384 e. The van der Waals surface area contributed by atoms with Crippen LogP contribution in [0.3, 0.4) is 0 Å². The molecule has 2 heteroatoms. The van der Waals surface area contributed by atoms with Crippen molar-refractivity contribution >= 4 is 5.69 Å². The summed E-state index contributed by atoms with van der Waals surface area (Å²) in [6, 6.07) is 9.97. The van der Waals surface area contributed by atoms with Crippen LogP contribution >= 0.6 is 0 Å². The molecule has 0 saturated heterocycles. The van der Waals surface area contributed by atoms with Crippen molar-refractivity contribution in [3.8, 4) is 0 Å². The topological polar surface area (TPSA) is 21.3 Å². The van der Waals surface area contributed by atoms with E-state index in [0.717, 1.165) is 18.4 Å². The zero-order valence-corrected chi connectivity index (χ0v) is 15.8. The molecular formula is C22H35NO. The van der Waals surface area contributed by atoms with Gasteiger partial charge in [-0.1, -0.05) is 26.0 Å². The fourth-order valence-electron chi connectivity index (χ4n) is 4.53. The zero-order valence-electron chi connectivity index (χ0n) is 15.8. The standard InChI is InChI=1S/C22H35NO/c1-22(2)14-12-19(13-15-22)18-6-10-21(11-7-18)23-20-8-4-17(5-9-20)16-24-3/h6-7,10-11,17,19-20,23H,4-5,8-9,12-16H2,1-3H3. The van der Waals surface area contributed by atoms with Gasteiger partial charge in [-0.25, -0.2) is 0 Å². The van der Waals surface area contributed by atoms with Crippen LogP contribution in [0.2, 0.25) is 0 Å². The molecular weight excluding hydrogens is 294 g/mol. The Kier molecular flexibility index (Phi) is 5.86. The van der Waals surface area contributed by atoms with E-state index in [4.69, 9.17) is 4.74 Å². The summed E-state index contributed by atoms with van der Waals surface area (Å²) in [4.78, 5) is 0. The minimum atomic E-state index is 0.555. The van der Waals surface area contributed by atoms with Gasteiger partial charge in [-0.2, -0.15) is 0 Å². The van der Waals surface area contributed by atoms with Crippen LogP contribution < -0.4 is 5.32 Å². The van der Waals surface area contributed by atoms with Crippen molar-refractivity contribution in [3.05, 3.63) is 29.8 Å². The molecule has 0 aliphatic heterocycles. The summed E-state index contributed by atoms with van der Waals surface area (Å²) in [6.45, 7) is 5.76. The lowest BCUT2D eigenvalue weighted by Gasteiger charge is -2.34. The Bertz CT molecular complexity index is 489. The van der Waals surface area contributed by atoms with Crippen LogP contribution in [-0.4, -0.2) is 19.8 Å². The van der Waals surface area contributed by atoms with Crippen molar-refractivity contribution in [3.63, 3.8) is 0 Å². The van der Waals surface area contributed by atoms with Gasteiger partial charge in [0.05, 0.1) is 0 Å². The van der Waals surface area contributed by atoms with Crippen molar-refractivity contribution in [1.29, 1.82) is 0 Å². The molecule has 24 heavy (non-hydrogen) atoms. The number of rotatable bonds is 5. The van der Waals surface area contributed by atoms with E-state index >= 15 is 0 Å². The Balaban J connectivity index is 1.49. The fraction of sp³-hybridized carbons (Fsp3) is 0.727. The van der Waals surface area contributed by atoms with Crippen LogP contribution in [-0.2, 0) is 4.74 Å². The highest BCUT2D eigenvalue weighted by Crippen LogP contribution is 2.42. The first-order chi connectivity index (χ1) is 11.6. The van der Waals surface area contributed by atoms with Crippen molar-refractivity contribution in [2.24, 2.45) is 11.3 Å². The summed E-state index contributed by atoms with van der Waals surface area (Å²) >= 11 is 0. The number of methoxy groups -OCH3 is 1. The van der Waals surface area contributed by atoms with E-state index in [1.807, 2.05) is 7.11 Å². The Hall–Kier alpha value is -1.02. The lowest BCUT2D eigenvalue weighted by atomic mass is 9.71. The van der Waals surface area contributed by atoms with Crippen LogP contribution in [0.5, 0.6) is 0 Å². The van der Waals surface area contributed by atoms with Gasteiger partial charge in [-0.15, -0.1) is 0 Å². The van der Waals surface area contributed by atoms with E-state index in [-0.39, 0.29) is 0 Å². The van der Waals surface area contributed by atoms with E-state index in [1.165, 1.54) is 57.1 Å². The van der Waals surface area contributed by atoms with Gasteiger partial charge in [0.25, 0.3) is 0 Å². The van der Waals surface area contributed by atoms with Gasteiger partial charge in [-0.3, -0.25) is 0 Å². The number of nitrogens with one attached hydrogen (secondary N) is 1. The molecule has 2 fully saturated rings. The van der Waals surface area contributed by atoms with E-state index in [2.05, 4.69) is 43.4 Å². The van der Waals surface area contributed by atoms with Crippen molar-refractivity contribution < 1.29 is 4.74 Å². The predicted molar refractivity (Wildman–Crippen MR) is 103 cm³/mol. The number of hydrogen-bond donors (Lipinski definition) is 1. The highest BCUT2D eigenvalue weighted by atomic mass is 16.5. The van der Waals surface area contributed by atoms with Gasteiger partial charge in [-0.05, 0) is 86.3 Å². The SMILES string of the molecule is COCC1CCC(Nc2ccc(C3CCC(C)(C)CC3)cc2)CC1. The molecule has 0 aromatic heterocycles. The molecule has 1 aromatic carbocycles. The first-order valence-electron chi connectivity index (χ1n) is 9.91. The predicted octanol–water partition coefficient (Wildman–Crippen LogP) is 5.99. The van der Waals surface area contributed by atoms with Gasteiger partial charge in [0.2, 0.25) is 0 Å². The summed E-state index contributed by atoms with van der Waals surface area (Å²) in [5, 5.41) is 3.75. The second-order valence-electron chi connectivity index (χ2n) is 8.88. The molecule has 0 heterocycles. The number of anilines is 1.